The lowest BCUT2D eigenvalue weighted by Gasteiger charge is -2.01. The molecule has 1 heterocycles. The van der Waals surface area contributed by atoms with Gasteiger partial charge < -0.3 is 5.11 Å². The number of nitrogens with zero attached hydrogens (tertiary/aromatic N) is 1. The zero-order valence-corrected chi connectivity index (χ0v) is 10.2. The molecule has 0 bridgehead atoms. The zero-order valence-electron chi connectivity index (χ0n) is 8.63. The Balaban J connectivity index is 2.30. The van der Waals surface area contributed by atoms with Crippen LogP contribution in [0.1, 0.15) is 20.7 Å². The Labute approximate surface area is 106 Å². The van der Waals surface area contributed by atoms with Gasteiger partial charge >= 0.3 is 5.97 Å². The van der Waals surface area contributed by atoms with Gasteiger partial charge in [-0.25, -0.2) is 4.79 Å². The molecule has 0 spiro atoms. The highest BCUT2D eigenvalue weighted by molar-refractivity contribution is 9.10. The van der Waals surface area contributed by atoms with Crippen molar-refractivity contribution in [2.45, 2.75) is 0 Å². The third-order valence-electron chi connectivity index (χ3n) is 2.27. The van der Waals surface area contributed by atoms with Crippen LogP contribution in [-0.2, 0) is 0 Å². The molecule has 0 amide bonds. The maximum Gasteiger partial charge on any atom is 0.337 e. The summed E-state index contributed by atoms with van der Waals surface area (Å²) in [6.45, 7) is 0. The number of aromatic carboxylic acids is 1. The lowest BCUT2D eigenvalue weighted by Crippen LogP contribution is -2.09. The molecule has 5 heteroatoms. The lowest BCUT2D eigenvalue weighted by atomic mass is 10.2. The van der Waals surface area contributed by atoms with Gasteiger partial charge in [-0.1, -0.05) is 15.9 Å². The highest BCUT2D eigenvalue weighted by Gasteiger charge is 2.11. The van der Waals surface area contributed by atoms with Crippen LogP contribution in [0.15, 0.2) is 47.2 Å². The molecule has 0 unspecified atom stereocenters. The van der Waals surface area contributed by atoms with Gasteiger partial charge in [0, 0.05) is 22.4 Å². The van der Waals surface area contributed by atoms with E-state index in [0.29, 0.717) is 5.56 Å². The molecule has 17 heavy (non-hydrogen) atoms. The molecule has 4 nitrogen and oxygen atoms in total. The van der Waals surface area contributed by atoms with Crippen molar-refractivity contribution in [2.75, 3.05) is 0 Å². The van der Waals surface area contributed by atoms with Crippen molar-refractivity contribution in [1.82, 2.24) is 4.57 Å². The number of benzene rings is 1. The van der Waals surface area contributed by atoms with Crippen molar-refractivity contribution in [1.29, 1.82) is 0 Å². The molecular weight excluding hydrogens is 286 g/mol. The number of carbonyl (C=O) groups is 2. The lowest BCUT2D eigenvalue weighted by molar-refractivity contribution is 0.0697. The number of rotatable bonds is 2. The third-order valence-corrected chi connectivity index (χ3v) is 2.79. The monoisotopic (exact) mass is 293 g/mol. The van der Waals surface area contributed by atoms with E-state index in [1.54, 1.807) is 24.3 Å². The van der Waals surface area contributed by atoms with Gasteiger partial charge in [0.15, 0.2) is 0 Å². The van der Waals surface area contributed by atoms with Crippen LogP contribution in [0.4, 0.5) is 0 Å². The van der Waals surface area contributed by atoms with Crippen molar-refractivity contribution in [3.05, 3.63) is 58.3 Å². The Bertz CT molecular complexity index is 572. The topological polar surface area (TPSA) is 59.3 Å². The summed E-state index contributed by atoms with van der Waals surface area (Å²) in [6.07, 6.45) is 2.74. The second-order valence-electron chi connectivity index (χ2n) is 3.42. The average molecular weight is 294 g/mol. The summed E-state index contributed by atoms with van der Waals surface area (Å²) in [4.78, 5) is 22.6. The number of carboxylic acids is 1. The molecule has 0 saturated carbocycles. The predicted molar refractivity (Wildman–Crippen MR) is 65.3 cm³/mol. The van der Waals surface area contributed by atoms with Gasteiger partial charge in [-0.2, -0.15) is 0 Å². The second-order valence-corrected chi connectivity index (χ2v) is 4.34. The Morgan fingerprint density at radius 1 is 1.06 bits per heavy atom. The first-order chi connectivity index (χ1) is 8.08. The van der Waals surface area contributed by atoms with Crippen LogP contribution in [0.5, 0.6) is 0 Å². The molecule has 0 aliphatic rings. The Kier molecular flexibility index (Phi) is 3.10. The van der Waals surface area contributed by atoms with Gasteiger partial charge in [0.2, 0.25) is 0 Å². The molecular formula is C12H8BrNO3. The fourth-order valence-electron chi connectivity index (χ4n) is 1.39. The molecule has 0 saturated heterocycles. The summed E-state index contributed by atoms with van der Waals surface area (Å²) in [5.74, 6) is -1.31. The SMILES string of the molecule is O=C(O)c1ccn(C(=O)c2ccc(Br)cc2)c1. The minimum Gasteiger partial charge on any atom is -0.478 e. The fourth-order valence-corrected chi connectivity index (χ4v) is 1.66. The van der Waals surface area contributed by atoms with Crippen LogP contribution >= 0.6 is 15.9 Å². The molecule has 2 rings (SSSR count). The molecule has 2 aromatic rings. The molecule has 1 aromatic carbocycles. The van der Waals surface area contributed by atoms with Crippen LogP contribution < -0.4 is 0 Å². The number of aromatic nitrogens is 1. The molecule has 1 N–H and O–H groups in total. The van der Waals surface area contributed by atoms with E-state index in [0.717, 1.165) is 4.47 Å². The summed E-state index contributed by atoms with van der Waals surface area (Å²) in [5.41, 5.74) is 0.594. The predicted octanol–water partition coefficient (Wildman–Crippen LogP) is 2.64. The first-order valence-electron chi connectivity index (χ1n) is 4.79. The van der Waals surface area contributed by atoms with Crippen molar-refractivity contribution in [3.8, 4) is 0 Å². The first-order valence-corrected chi connectivity index (χ1v) is 5.59. The van der Waals surface area contributed by atoms with E-state index in [-0.39, 0.29) is 11.5 Å². The van der Waals surface area contributed by atoms with Gasteiger partial charge in [-0.05, 0) is 30.3 Å². The van der Waals surface area contributed by atoms with E-state index in [9.17, 15) is 9.59 Å². The Hall–Kier alpha value is -1.88. The quantitative estimate of drug-likeness (QED) is 0.926. The fraction of sp³-hybridized carbons (Fsp3) is 0. The number of hydrogen-bond acceptors (Lipinski definition) is 2. The largest absolute Gasteiger partial charge is 0.478 e. The van der Waals surface area contributed by atoms with Gasteiger partial charge in [0.05, 0.1) is 5.56 Å². The smallest absolute Gasteiger partial charge is 0.337 e. The molecule has 86 valence electrons. The standard InChI is InChI=1S/C12H8BrNO3/c13-10-3-1-8(2-4-10)11(15)14-6-5-9(7-14)12(16)17/h1-7H,(H,16,17). The summed E-state index contributed by atoms with van der Waals surface area (Å²) in [7, 11) is 0. The van der Waals surface area contributed by atoms with Crippen molar-refractivity contribution in [3.63, 3.8) is 0 Å². The average Bonchev–Trinajstić information content (AvgIpc) is 2.78. The Morgan fingerprint density at radius 3 is 2.24 bits per heavy atom. The normalized spacial score (nSPS) is 10.2. The van der Waals surface area contributed by atoms with Gasteiger partial charge in [0.1, 0.15) is 0 Å². The summed E-state index contributed by atoms with van der Waals surface area (Å²) in [5, 5.41) is 8.76. The maximum absolute atomic E-state index is 11.9. The van der Waals surface area contributed by atoms with E-state index < -0.39 is 5.97 Å². The van der Waals surface area contributed by atoms with E-state index in [4.69, 9.17) is 5.11 Å². The summed E-state index contributed by atoms with van der Waals surface area (Å²) in [6, 6.07) is 8.25. The number of carbonyl (C=O) groups excluding carboxylic acids is 1. The van der Waals surface area contributed by atoms with Crippen LogP contribution in [-0.4, -0.2) is 21.6 Å². The minimum atomic E-state index is -1.05. The van der Waals surface area contributed by atoms with Crippen molar-refractivity contribution >= 4 is 27.8 Å². The van der Waals surface area contributed by atoms with Crippen LogP contribution in [0.25, 0.3) is 0 Å². The number of hydrogen-bond donors (Lipinski definition) is 1. The van der Waals surface area contributed by atoms with Crippen LogP contribution in [0, 0.1) is 0 Å². The Morgan fingerprint density at radius 2 is 1.71 bits per heavy atom. The first kappa shape index (κ1) is 11.6. The van der Waals surface area contributed by atoms with Gasteiger partial charge in [-0.15, -0.1) is 0 Å². The molecule has 0 radical (unpaired) electrons. The number of halogens is 1. The molecule has 0 aliphatic carbocycles. The van der Waals surface area contributed by atoms with Crippen LogP contribution in [0.3, 0.4) is 0 Å². The van der Waals surface area contributed by atoms with E-state index in [1.807, 2.05) is 0 Å². The van der Waals surface area contributed by atoms with Crippen molar-refractivity contribution < 1.29 is 14.7 Å². The van der Waals surface area contributed by atoms with Crippen molar-refractivity contribution in [2.24, 2.45) is 0 Å². The molecule has 0 atom stereocenters. The van der Waals surface area contributed by atoms with E-state index in [2.05, 4.69) is 15.9 Å². The number of carboxylic acid groups (broad SMARTS) is 1. The summed E-state index contributed by atoms with van der Waals surface area (Å²) < 4.78 is 2.14. The second kappa shape index (κ2) is 4.55. The highest BCUT2D eigenvalue weighted by Crippen LogP contribution is 2.12. The van der Waals surface area contributed by atoms with E-state index in [1.165, 1.54) is 23.0 Å². The zero-order chi connectivity index (χ0) is 12.4. The van der Waals surface area contributed by atoms with Gasteiger partial charge in [-0.3, -0.25) is 9.36 Å². The van der Waals surface area contributed by atoms with E-state index >= 15 is 0 Å². The van der Waals surface area contributed by atoms with Crippen LogP contribution in [0.2, 0.25) is 0 Å². The maximum atomic E-state index is 11.9. The summed E-state index contributed by atoms with van der Waals surface area (Å²) >= 11 is 3.28. The molecule has 0 fully saturated rings. The van der Waals surface area contributed by atoms with Gasteiger partial charge in [0.25, 0.3) is 5.91 Å². The highest BCUT2D eigenvalue weighted by atomic mass is 79.9. The molecule has 1 aromatic heterocycles. The third kappa shape index (κ3) is 2.45. The molecule has 0 aliphatic heterocycles. The minimum absolute atomic E-state index is 0.0930.